The Hall–Kier alpha value is -1.95. The van der Waals surface area contributed by atoms with Gasteiger partial charge >= 0.3 is 0 Å². The van der Waals surface area contributed by atoms with E-state index in [1.54, 1.807) is 29.1 Å². The molecule has 7 heteroatoms. The van der Waals surface area contributed by atoms with Crippen LogP contribution in [0, 0.1) is 4.77 Å². The summed E-state index contributed by atoms with van der Waals surface area (Å²) in [7, 11) is 0. The molecule has 3 rings (SSSR count). The third kappa shape index (κ3) is 4.06. The molecule has 0 aliphatic rings. The van der Waals surface area contributed by atoms with Gasteiger partial charge in [-0.05, 0) is 47.0 Å². The van der Waals surface area contributed by atoms with Crippen molar-refractivity contribution in [2.45, 2.75) is 26.2 Å². The van der Waals surface area contributed by atoms with E-state index in [0.29, 0.717) is 26.2 Å². The number of H-pyrrole nitrogens is 1. The Labute approximate surface area is 167 Å². The maximum Gasteiger partial charge on any atom is 0.216 e. The summed E-state index contributed by atoms with van der Waals surface area (Å²) in [6, 6.07) is 13.5. The first-order valence-electron chi connectivity index (χ1n) is 8.03. The molecule has 1 N–H and O–H groups in total. The molecule has 0 unspecified atom stereocenters. The van der Waals surface area contributed by atoms with Crippen LogP contribution in [-0.4, -0.2) is 21.1 Å². The molecular weight excluding hydrogens is 387 g/mol. The van der Waals surface area contributed by atoms with Crippen molar-refractivity contribution in [3.05, 3.63) is 68.4 Å². The molecule has 0 radical (unpaired) electrons. The molecule has 2 aromatic carbocycles. The predicted molar refractivity (Wildman–Crippen MR) is 111 cm³/mol. The Balaban J connectivity index is 1.95. The number of nitrogens with zero attached hydrogens (tertiary/aromatic N) is 3. The van der Waals surface area contributed by atoms with Gasteiger partial charge in [0.1, 0.15) is 0 Å². The second-order valence-electron chi connectivity index (χ2n) is 6.90. The maximum absolute atomic E-state index is 6.28. The summed E-state index contributed by atoms with van der Waals surface area (Å²) in [6.45, 7) is 6.55. The van der Waals surface area contributed by atoms with Crippen LogP contribution in [0.25, 0.3) is 11.4 Å². The lowest BCUT2D eigenvalue weighted by Crippen LogP contribution is -2.10. The van der Waals surface area contributed by atoms with Crippen molar-refractivity contribution in [2.75, 3.05) is 0 Å². The van der Waals surface area contributed by atoms with E-state index in [0.717, 1.165) is 5.56 Å². The summed E-state index contributed by atoms with van der Waals surface area (Å²) in [4.78, 5) is 0. The van der Waals surface area contributed by atoms with Crippen molar-refractivity contribution in [1.82, 2.24) is 14.9 Å². The smallest absolute Gasteiger partial charge is 0.216 e. The van der Waals surface area contributed by atoms with E-state index >= 15 is 0 Å². The van der Waals surface area contributed by atoms with Gasteiger partial charge in [-0.3, -0.25) is 0 Å². The minimum atomic E-state index is 0.112. The van der Waals surface area contributed by atoms with Gasteiger partial charge in [0.15, 0.2) is 5.82 Å². The van der Waals surface area contributed by atoms with Crippen LogP contribution in [0.5, 0.6) is 0 Å². The van der Waals surface area contributed by atoms with Gasteiger partial charge in [0.2, 0.25) is 4.77 Å². The van der Waals surface area contributed by atoms with Crippen LogP contribution >= 0.6 is 35.4 Å². The lowest BCUT2D eigenvalue weighted by molar-refractivity contribution is 0.590. The first-order chi connectivity index (χ1) is 12.3. The molecular formula is C19H18Cl2N4S. The highest BCUT2D eigenvalue weighted by molar-refractivity contribution is 7.71. The number of aromatic nitrogens is 3. The monoisotopic (exact) mass is 404 g/mol. The number of nitrogens with one attached hydrogen (secondary N) is 1. The Morgan fingerprint density at radius 1 is 1.12 bits per heavy atom. The third-order valence-electron chi connectivity index (χ3n) is 3.92. The molecule has 0 saturated heterocycles. The second kappa shape index (κ2) is 7.35. The van der Waals surface area contributed by atoms with Crippen molar-refractivity contribution in [2.24, 2.45) is 5.10 Å². The number of hydrogen-bond acceptors (Lipinski definition) is 3. The summed E-state index contributed by atoms with van der Waals surface area (Å²) < 4.78 is 1.93. The molecule has 0 atom stereocenters. The molecule has 0 bridgehead atoms. The van der Waals surface area contributed by atoms with Crippen LogP contribution in [0.15, 0.2) is 47.6 Å². The molecule has 0 amide bonds. The van der Waals surface area contributed by atoms with Crippen LogP contribution < -0.4 is 0 Å². The normalized spacial score (nSPS) is 12.0. The highest BCUT2D eigenvalue weighted by Crippen LogP contribution is 2.29. The van der Waals surface area contributed by atoms with Gasteiger partial charge in [-0.25, -0.2) is 5.10 Å². The fourth-order valence-corrected chi connectivity index (χ4v) is 3.11. The van der Waals surface area contributed by atoms with Gasteiger partial charge in [0.05, 0.1) is 11.2 Å². The average Bonchev–Trinajstić information content (AvgIpc) is 2.93. The summed E-state index contributed by atoms with van der Waals surface area (Å²) in [5.74, 6) is 0.527. The molecule has 0 fully saturated rings. The minimum Gasteiger partial charge on any atom is -0.250 e. The highest BCUT2D eigenvalue weighted by Gasteiger charge is 2.13. The van der Waals surface area contributed by atoms with Crippen LogP contribution in [0.2, 0.25) is 10.0 Å². The van der Waals surface area contributed by atoms with E-state index in [4.69, 9.17) is 35.4 Å². The first kappa shape index (κ1) is 18.8. The van der Waals surface area contributed by atoms with Crippen molar-refractivity contribution >= 4 is 41.6 Å². The van der Waals surface area contributed by atoms with Crippen molar-refractivity contribution in [3.63, 3.8) is 0 Å². The Morgan fingerprint density at radius 2 is 1.81 bits per heavy atom. The van der Waals surface area contributed by atoms with Crippen molar-refractivity contribution in [1.29, 1.82) is 0 Å². The number of halogens is 2. The zero-order chi connectivity index (χ0) is 18.9. The maximum atomic E-state index is 6.28. The van der Waals surface area contributed by atoms with Gasteiger partial charge < -0.3 is 0 Å². The molecule has 0 aliphatic carbocycles. The molecule has 0 saturated carbocycles. The Morgan fingerprint density at radius 3 is 2.42 bits per heavy atom. The summed E-state index contributed by atoms with van der Waals surface area (Å²) in [5.41, 5.74) is 3.04. The zero-order valence-electron chi connectivity index (χ0n) is 14.6. The van der Waals surface area contributed by atoms with Gasteiger partial charge in [-0.1, -0.05) is 68.2 Å². The largest absolute Gasteiger partial charge is 0.250 e. The number of hydrogen-bond donors (Lipinski definition) is 1. The SMILES string of the molecule is CC(C)(C)c1ccc(/C=N/n2c(-c3ccc(Cl)cc3Cl)n[nH]c2=S)cc1. The molecule has 3 aromatic rings. The molecule has 0 aliphatic heterocycles. The van der Waals surface area contributed by atoms with E-state index in [1.165, 1.54) is 5.56 Å². The number of aromatic amines is 1. The molecule has 0 spiro atoms. The van der Waals surface area contributed by atoms with Gasteiger partial charge in [-0.2, -0.15) is 14.9 Å². The topological polar surface area (TPSA) is 46.0 Å². The van der Waals surface area contributed by atoms with Crippen LogP contribution in [-0.2, 0) is 5.41 Å². The summed E-state index contributed by atoms with van der Waals surface area (Å²) in [5, 5.41) is 12.5. The summed E-state index contributed by atoms with van der Waals surface area (Å²) >= 11 is 17.5. The predicted octanol–water partition coefficient (Wildman–Crippen LogP) is 6.09. The standard InChI is InChI=1S/C19H18Cl2N4S/c1-19(2,3)13-6-4-12(5-7-13)11-22-25-17(23-24-18(25)26)15-9-8-14(20)10-16(15)21/h4-11H,1-3H3,(H,24,26)/b22-11+. The van der Waals surface area contributed by atoms with Gasteiger partial charge in [-0.15, -0.1) is 0 Å². The molecule has 1 heterocycles. The van der Waals surface area contributed by atoms with Crippen molar-refractivity contribution < 1.29 is 0 Å². The van der Waals surface area contributed by atoms with Gasteiger partial charge in [0.25, 0.3) is 0 Å². The van der Waals surface area contributed by atoms with Crippen LogP contribution in [0.3, 0.4) is 0 Å². The van der Waals surface area contributed by atoms with Gasteiger partial charge in [0, 0.05) is 10.6 Å². The lowest BCUT2D eigenvalue weighted by atomic mass is 9.87. The third-order valence-corrected chi connectivity index (χ3v) is 4.73. The molecule has 1 aromatic heterocycles. The van der Waals surface area contributed by atoms with Crippen LogP contribution in [0.4, 0.5) is 0 Å². The minimum absolute atomic E-state index is 0.112. The van der Waals surface area contributed by atoms with E-state index in [-0.39, 0.29) is 5.41 Å². The number of benzene rings is 2. The first-order valence-corrected chi connectivity index (χ1v) is 9.20. The Kier molecular flexibility index (Phi) is 5.32. The molecule has 134 valence electrons. The summed E-state index contributed by atoms with van der Waals surface area (Å²) in [6.07, 6.45) is 1.74. The second-order valence-corrected chi connectivity index (χ2v) is 8.14. The average molecular weight is 405 g/mol. The fraction of sp³-hybridized carbons (Fsp3) is 0.211. The van der Waals surface area contributed by atoms with E-state index in [2.05, 4.69) is 48.2 Å². The van der Waals surface area contributed by atoms with Crippen molar-refractivity contribution in [3.8, 4) is 11.4 Å². The fourth-order valence-electron chi connectivity index (χ4n) is 2.44. The molecule has 26 heavy (non-hydrogen) atoms. The number of rotatable bonds is 3. The zero-order valence-corrected chi connectivity index (χ0v) is 17.0. The van der Waals surface area contributed by atoms with E-state index in [9.17, 15) is 0 Å². The quantitative estimate of drug-likeness (QED) is 0.423. The highest BCUT2D eigenvalue weighted by atomic mass is 35.5. The molecule has 4 nitrogen and oxygen atoms in total. The van der Waals surface area contributed by atoms with E-state index in [1.807, 2.05) is 12.1 Å². The van der Waals surface area contributed by atoms with E-state index < -0.39 is 0 Å². The lowest BCUT2D eigenvalue weighted by Gasteiger charge is -2.18. The van der Waals surface area contributed by atoms with Crippen LogP contribution in [0.1, 0.15) is 31.9 Å². The Bertz CT molecular complexity index is 1010.